The van der Waals surface area contributed by atoms with E-state index in [1.165, 1.54) is 11.8 Å². The van der Waals surface area contributed by atoms with E-state index in [4.69, 9.17) is 0 Å². The van der Waals surface area contributed by atoms with Crippen LogP contribution < -0.4 is 10.6 Å². The van der Waals surface area contributed by atoms with Crippen molar-refractivity contribution in [3.05, 3.63) is 23.8 Å². The van der Waals surface area contributed by atoms with Crippen LogP contribution in [0.4, 0.5) is 5.69 Å². The third-order valence-electron chi connectivity index (χ3n) is 3.16. The molecule has 102 valence electrons. The number of anilines is 1. The lowest BCUT2D eigenvalue weighted by atomic mass is 10.1. The molecule has 4 nitrogen and oxygen atoms in total. The van der Waals surface area contributed by atoms with Crippen LogP contribution in [0.2, 0.25) is 0 Å². The Hall–Kier alpha value is -1.49. The fourth-order valence-electron chi connectivity index (χ4n) is 1.76. The lowest BCUT2D eigenvalue weighted by Crippen LogP contribution is -2.32. The third kappa shape index (κ3) is 3.10. The Morgan fingerprint density at radius 2 is 2.26 bits per heavy atom. The molecule has 0 radical (unpaired) electrons. The zero-order valence-corrected chi connectivity index (χ0v) is 12.1. The number of carbonyl (C=O) groups is 2. The van der Waals surface area contributed by atoms with Crippen LogP contribution in [-0.4, -0.2) is 23.1 Å². The summed E-state index contributed by atoms with van der Waals surface area (Å²) in [6.45, 7) is 5.86. The average Bonchev–Trinajstić information content (AvgIpc) is 2.39. The van der Waals surface area contributed by atoms with Crippen LogP contribution in [0.1, 0.15) is 37.6 Å². The maximum atomic E-state index is 12.0. The van der Waals surface area contributed by atoms with Gasteiger partial charge in [0.15, 0.2) is 0 Å². The second kappa shape index (κ2) is 5.65. The molecule has 0 aromatic heterocycles. The molecule has 2 atom stereocenters. The van der Waals surface area contributed by atoms with Crippen molar-refractivity contribution < 1.29 is 9.59 Å². The molecule has 0 fully saturated rings. The van der Waals surface area contributed by atoms with Gasteiger partial charge in [-0.3, -0.25) is 9.59 Å². The van der Waals surface area contributed by atoms with Gasteiger partial charge >= 0.3 is 0 Å². The molecular formula is C14H18N2O2S. The number of hydrogen-bond acceptors (Lipinski definition) is 3. The van der Waals surface area contributed by atoms with E-state index in [0.717, 1.165) is 17.0 Å². The van der Waals surface area contributed by atoms with Gasteiger partial charge in [-0.05, 0) is 38.5 Å². The second-order valence-corrected chi connectivity index (χ2v) is 6.13. The standard InChI is InChI=1S/C14H18N2O2S/c1-4-8(2)15-14(18)10-5-6-12-11(7-10)16-13(17)9(3)19-12/h5-9H,4H2,1-3H3,(H,15,18)(H,16,17)/t8-,9-/m0/s1. The first kappa shape index (κ1) is 13.9. The smallest absolute Gasteiger partial charge is 0.251 e. The number of nitrogens with one attached hydrogen (secondary N) is 2. The van der Waals surface area contributed by atoms with Crippen molar-refractivity contribution in [1.82, 2.24) is 5.32 Å². The van der Waals surface area contributed by atoms with E-state index < -0.39 is 0 Å². The first-order chi connectivity index (χ1) is 9.01. The Balaban J connectivity index is 2.19. The average molecular weight is 278 g/mol. The summed E-state index contributed by atoms with van der Waals surface area (Å²) in [5.74, 6) is -0.119. The molecule has 2 rings (SSSR count). The largest absolute Gasteiger partial charge is 0.350 e. The zero-order valence-electron chi connectivity index (χ0n) is 11.3. The summed E-state index contributed by atoms with van der Waals surface area (Å²) in [5, 5.41) is 5.66. The van der Waals surface area contributed by atoms with Gasteiger partial charge in [0, 0.05) is 16.5 Å². The van der Waals surface area contributed by atoms with Gasteiger partial charge in [-0.25, -0.2) is 0 Å². The third-order valence-corrected chi connectivity index (χ3v) is 4.34. The van der Waals surface area contributed by atoms with E-state index in [9.17, 15) is 9.59 Å². The van der Waals surface area contributed by atoms with Crippen LogP contribution in [-0.2, 0) is 4.79 Å². The highest BCUT2D eigenvalue weighted by Crippen LogP contribution is 2.35. The molecule has 1 aromatic carbocycles. The fourth-order valence-corrected chi connectivity index (χ4v) is 2.69. The first-order valence-corrected chi connectivity index (χ1v) is 7.31. The second-order valence-electron chi connectivity index (χ2n) is 4.74. The molecule has 1 aliphatic heterocycles. The molecule has 0 bridgehead atoms. The molecule has 0 saturated heterocycles. The van der Waals surface area contributed by atoms with E-state index in [1.54, 1.807) is 12.1 Å². The fraction of sp³-hybridized carbons (Fsp3) is 0.429. The van der Waals surface area contributed by atoms with Gasteiger partial charge in [-0.2, -0.15) is 0 Å². The number of amides is 2. The number of hydrogen-bond donors (Lipinski definition) is 2. The van der Waals surface area contributed by atoms with Gasteiger partial charge in [0.25, 0.3) is 5.91 Å². The van der Waals surface area contributed by atoms with E-state index in [-0.39, 0.29) is 23.1 Å². The summed E-state index contributed by atoms with van der Waals surface area (Å²) >= 11 is 1.52. The molecule has 5 heteroatoms. The maximum Gasteiger partial charge on any atom is 0.251 e. The quantitative estimate of drug-likeness (QED) is 0.893. The van der Waals surface area contributed by atoms with E-state index in [0.29, 0.717) is 5.56 Å². The normalized spacial score (nSPS) is 19.3. The predicted molar refractivity (Wildman–Crippen MR) is 77.6 cm³/mol. The van der Waals surface area contributed by atoms with Gasteiger partial charge in [0.1, 0.15) is 0 Å². The summed E-state index contributed by atoms with van der Waals surface area (Å²) in [7, 11) is 0. The van der Waals surface area contributed by atoms with Crippen LogP contribution in [0.25, 0.3) is 0 Å². The monoisotopic (exact) mass is 278 g/mol. The Bertz CT molecular complexity index is 516. The highest BCUT2D eigenvalue weighted by Gasteiger charge is 2.23. The van der Waals surface area contributed by atoms with Crippen LogP contribution in [0.3, 0.4) is 0 Å². The van der Waals surface area contributed by atoms with Crippen LogP contribution >= 0.6 is 11.8 Å². The highest BCUT2D eigenvalue weighted by atomic mass is 32.2. The van der Waals surface area contributed by atoms with Gasteiger partial charge in [-0.1, -0.05) is 6.92 Å². The number of carbonyl (C=O) groups excluding carboxylic acids is 2. The van der Waals surface area contributed by atoms with Gasteiger partial charge in [0.05, 0.1) is 10.9 Å². The number of rotatable bonds is 3. The topological polar surface area (TPSA) is 58.2 Å². The van der Waals surface area contributed by atoms with Crippen molar-refractivity contribution in [2.24, 2.45) is 0 Å². The molecule has 0 spiro atoms. The summed E-state index contributed by atoms with van der Waals surface area (Å²) in [6, 6.07) is 5.58. The summed E-state index contributed by atoms with van der Waals surface area (Å²) in [4.78, 5) is 24.7. The predicted octanol–water partition coefficient (Wildman–Crippen LogP) is 2.65. The molecule has 19 heavy (non-hydrogen) atoms. The van der Waals surface area contributed by atoms with Crippen LogP contribution in [0, 0.1) is 0 Å². The molecule has 0 unspecified atom stereocenters. The Morgan fingerprint density at radius 1 is 1.53 bits per heavy atom. The molecule has 1 aliphatic rings. The van der Waals surface area contributed by atoms with Crippen LogP contribution in [0.15, 0.2) is 23.1 Å². The molecule has 1 heterocycles. The summed E-state index contributed by atoms with van der Waals surface area (Å²) < 4.78 is 0. The van der Waals surface area contributed by atoms with E-state index in [2.05, 4.69) is 10.6 Å². The molecule has 0 aliphatic carbocycles. The zero-order chi connectivity index (χ0) is 14.0. The van der Waals surface area contributed by atoms with Crippen LogP contribution in [0.5, 0.6) is 0 Å². The molecular weight excluding hydrogens is 260 g/mol. The Morgan fingerprint density at radius 3 is 2.95 bits per heavy atom. The van der Waals surface area contributed by atoms with Gasteiger partial charge in [0.2, 0.25) is 5.91 Å². The minimum absolute atomic E-state index is 0.0167. The van der Waals surface area contributed by atoms with Crippen molar-refractivity contribution in [2.45, 2.75) is 43.4 Å². The van der Waals surface area contributed by atoms with Crippen molar-refractivity contribution in [2.75, 3.05) is 5.32 Å². The number of benzene rings is 1. The first-order valence-electron chi connectivity index (χ1n) is 6.43. The summed E-state index contributed by atoms with van der Waals surface area (Å²) in [5.41, 5.74) is 1.31. The lowest BCUT2D eigenvalue weighted by Gasteiger charge is -2.22. The SMILES string of the molecule is CC[C@H](C)NC(=O)c1ccc2c(c1)NC(=O)[C@H](C)S2. The summed E-state index contributed by atoms with van der Waals surface area (Å²) in [6.07, 6.45) is 0.890. The number of fused-ring (bicyclic) bond motifs is 1. The van der Waals surface area contributed by atoms with Gasteiger partial charge < -0.3 is 10.6 Å². The van der Waals surface area contributed by atoms with E-state index >= 15 is 0 Å². The van der Waals surface area contributed by atoms with Crippen molar-refractivity contribution in [3.63, 3.8) is 0 Å². The molecule has 2 amide bonds. The minimum Gasteiger partial charge on any atom is -0.350 e. The van der Waals surface area contributed by atoms with Crippen molar-refractivity contribution in [3.8, 4) is 0 Å². The minimum atomic E-state index is -0.102. The molecule has 1 aromatic rings. The Labute approximate surface area is 117 Å². The van der Waals surface area contributed by atoms with Gasteiger partial charge in [-0.15, -0.1) is 11.8 Å². The Kier molecular flexibility index (Phi) is 4.14. The highest BCUT2D eigenvalue weighted by molar-refractivity contribution is 8.00. The van der Waals surface area contributed by atoms with E-state index in [1.807, 2.05) is 26.8 Å². The van der Waals surface area contributed by atoms with Crippen molar-refractivity contribution >= 4 is 29.3 Å². The molecule has 0 saturated carbocycles. The number of thioether (sulfide) groups is 1. The molecule has 2 N–H and O–H groups in total. The lowest BCUT2D eigenvalue weighted by molar-refractivity contribution is -0.115. The van der Waals surface area contributed by atoms with Crippen molar-refractivity contribution in [1.29, 1.82) is 0 Å². The maximum absolute atomic E-state index is 12.0.